The van der Waals surface area contributed by atoms with E-state index in [0.29, 0.717) is 10.0 Å². The molecule has 1 aliphatic rings. The molecular weight excluding hydrogens is 422 g/mol. The van der Waals surface area contributed by atoms with Crippen LogP contribution < -0.4 is 0 Å². The van der Waals surface area contributed by atoms with Crippen LogP contribution in [0.2, 0.25) is 0 Å². The molecule has 0 saturated carbocycles. The SMILES string of the molecule is O=C(O[C@H]1CCCCC=C1I)c1c(F)c(F)c(F)c(F)c1F. The normalized spacial score (nSPS) is 18.6. The van der Waals surface area contributed by atoms with Crippen molar-refractivity contribution in [3.05, 3.63) is 44.3 Å². The van der Waals surface area contributed by atoms with E-state index in [4.69, 9.17) is 4.74 Å². The Hall–Kier alpha value is -1.19. The van der Waals surface area contributed by atoms with E-state index in [9.17, 15) is 26.7 Å². The Balaban J connectivity index is 2.34. The van der Waals surface area contributed by atoms with Crippen molar-refractivity contribution < 1.29 is 31.5 Å². The van der Waals surface area contributed by atoms with Gasteiger partial charge in [0.25, 0.3) is 0 Å². The maximum atomic E-state index is 13.5. The lowest BCUT2D eigenvalue weighted by molar-refractivity contribution is 0.0361. The van der Waals surface area contributed by atoms with Crippen molar-refractivity contribution in [3.8, 4) is 0 Å². The van der Waals surface area contributed by atoms with Crippen LogP contribution in [0.15, 0.2) is 9.66 Å². The summed E-state index contributed by atoms with van der Waals surface area (Å²) in [6.07, 6.45) is 3.85. The second-order valence-electron chi connectivity index (χ2n) is 4.71. The highest BCUT2D eigenvalue weighted by Crippen LogP contribution is 2.28. The van der Waals surface area contributed by atoms with Gasteiger partial charge < -0.3 is 4.74 Å². The van der Waals surface area contributed by atoms with Crippen LogP contribution in [0.1, 0.15) is 36.0 Å². The molecule has 0 radical (unpaired) electrons. The minimum atomic E-state index is -2.31. The van der Waals surface area contributed by atoms with Gasteiger partial charge in [-0.05, 0) is 48.3 Å². The van der Waals surface area contributed by atoms with Crippen molar-refractivity contribution in [2.24, 2.45) is 0 Å². The van der Waals surface area contributed by atoms with Crippen molar-refractivity contribution in [2.75, 3.05) is 0 Å². The predicted octanol–water partition coefficient (Wildman–Crippen LogP) is 4.80. The first-order valence-electron chi connectivity index (χ1n) is 6.42. The summed E-state index contributed by atoms with van der Waals surface area (Å²) in [4.78, 5) is 11.8. The van der Waals surface area contributed by atoms with Gasteiger partial charge in [0.2, 0.25) is 5.82 Å². The van der Waals surface area contributed by atoms with Gasteiger partial charge in [0.05, 0.1) is 0 Å². The van der Waals surface area contributed by atoms with Crippen LogP contribution in [0.3, 0.4) is 0 Å². The molecule has 2 rings (SSSR count). The molecule has 0 N–H and O–H groups in total. The van der Waals surface area contributed by atoms with Crippen LogP contribution in [0, 0.1) is 29.1 Å². The lowest BCUT2D eigenvalue weighted by atomic mass is 10.1. The van der Waals surface area contributed by atoms with Crippen LogP contribution >= 0.6 is 22.6 Å². The Morgan fingerprint density at radius 2 is 1.55 bits per heavy atom. The molecule has 22 heavy (non-hydrogen) atoms. The smallest absolute Gasteiger partial charge is 0.345 e. The van der Waals surface area contributed by atoms with Gasteiger partial charge in [0, 0.05) is 3.58 Å². The standard InChI is InChI=1S/C14H10F5IO2/c15-9-8(10(16)12(18)13(19)11(9)17)14(21)22-7-5-3-1-2-4-6(7)20/h4,7H,1-3,5H2/t7-/m0/s1. The Labute approximate surface area is 136 Å². The highest BCUT2D eigenvalue weighted by Gasteiger charge is 2.32. The van der Waals surface area contributed by atoms with E-state index in [-0.39, 0.29) is 0 Å². The summed E-state index contributed by atoms with van der Waals surface area (Å²) in [6.45, 7) is 0. The van der Waals surface area contributed by atoms with Gasteiger partial charge in [-0.25, -0.2) is 26.7 Å². The molecule has 0 amide bonds. The molecule has 0 saturated heterocycles. The van der Waals surface area contributed by atoms with Crippen LogP contribution in [-0.2, 0) is 4.74 Å². The molecule has 0 aromatic heterocycles. The van der Waals surface area contributed by atoms with E-state index >= 15 is 0 Å². The molecule has 0 unspecified atom stereocenters. The first-order chi connectivity index (χ1) is 10.3. The molecule has 2 nitrogen and oxygen atoms in total. The molecule has 1 aromatic rings. The summed E-state index contributed by atoms with van der Waals surface area (Å²) in [6, 6.07) is 0. The number of carbonyl (C=O) groups excluding carboxylic acids is 1. The minimum absolute atomic E-state index is 0.426. The van der Waals surface area contributed by atoms with Gasteiger partial charge in [-0.15, -0.1) is 0 Å². The molecule has 1 aromatic carbocycles. The number of benzene rings is 1. The van der Waals surface area contributed by atoms with Gasteiger partial charge in [-0.3, -0.25) is 0 Å². The van der Waals surface area contributed by atoms with E-state index in [0.717, 1.165) is 19.3 Å². The zero-order valence-corrected chi connectivity index (χ0v) is 13.2. The fraction of sp³-hybridized carbons (Fsp3) is 0.357. The predicted molar refractivity (Wildman–Crippen MR) is 76.0 cm³/mol. The molecule has 120 valence electrons. The fourth-order valence-corrected chi connectivity index (χ4v) is 2.82. The molecule has 0 spiro atoms. The zero-order chi connectivity index (χ0) is 16.4. The highest BCUT2D eigenvalue weighted by atomic mass is 127. The average Bonchev–Trinajstić information content (AvgIpc) is 2.68. The molecular formula is C14H10F5IO2. The van der Waals surface area contributed by atoms with Gasteiger partial charge in [-0.2, -0.15) is 0 Å². The van der Waals surface area contributed by atoms with Crippen LogP contribution in [0.4, 0.5) is 22.0 Å². The molecule has 8 heteroatoms. The van der Waals surface area contributed by atoms with E-state index in [1.54, 1.807) is 0 Å². The Bertz CT molecular complexity index is 616. The van der Waals surface area contributed by atoms with E-state index in [1.807, 2.05) is 28.7 Å². The van der Waals surface area contributed by atoms with Crippen molar-refractivity contribution >= 4 is 28.6 Å². The summed E-state index contributed by atoms with van der Waals surface area (Å²) in [5, 5.41) is 0. The third-order valence-corrected chi connectivity index (χ3v) is 4.37. The second-order valence-corrected chi connectivity index (χ2v) is 5.96. The van der Waals surface area contributed by atoms with Crippen LogP contribution in [0.25, 0.3) is 0 Å². The van der Waals surface area contributed by atoms with Gasteiger partial charge in [0.1, 0.15) is 11.7 Å². The molecule has 0 fully saturated rings. The van der Waals surface area contributed by atoms with Gasteiger partial charge >= 0.3 is 5.97 Å². The number of hydrogen-bond donors (Lipinski definition) is 0. The van der Waals surface area contributed by atoms with Gasteiger partial charge in [0.15, 0.2) is 23.3 Å². The number of hydrogen-bond acceptors (Lipinski definition) is 2. The monoisotopic (exact) mass is 432 g/mol. The molecule has 1 atom stereocenters. The largest absolute Gasteiger partial charge is 0.453 e. The molecule has 1 aliphatic carbocycles. The maximum Gasteiger partial charge on any atom is 0.345 e. The summed E-state index contributed by atoms with van der Waals surface area (Å²) >= 11 is 1.92. The molecule has 0 heterocycles. The third-order valence-electron chi connectivity index (χ3n) is 3.23. The quantitative estimate of drug-likeness (QED) is 0.221. The molecule has 0 aliphatic heterocycles. The summed E-state index contributed by atoms with van der Waals surface area (Å²) in [5.74, 6) is -12.6. The lowest BCUT2D eigenvalue weighted by Gasteiger charge is -2.17. The lowest BCUT2D eigenvalue weighted by Crippen LogP contribution is -2.22. The minimum Gasteiger partial charge on any atom is -0.453 e. The van der Waals surface area contributed by atoms with E-state index in [2.05, 4.69) is 0 Å². The summed E-state index contributed by atoms with van der Waals surface area (Å²) < 4.78 is 71.8. The van der Waals surface area contributed by atoms with E-state index < -0.39 is 46.7 Å². The number of esters is 1. The zero-order valence-electron chi connectivity index (χ0n) is 11.1. The van der Waals surface area contributed by atoms with Crippen LogP contribution in [-0.4, -0.2) is 12.1 Å². The van der Waals surface area contributed by atoms with Crippen molar-refractivity contribution in [3.63, 3.8) is 0 Å². The Morgan fingerprint density at radius 3 is 2.14 bits per heavy atom. The fourth-order valence-electron chi connectivity index (χ4n) is 2.07. The van der Waals surface area contributed by atoms with Crippen molar-refractivity contribution in [2.45, 2.75) is 31.8 Å². The number of carbonyl (C=O) groups is 1. The summed E-state index contributed by atoms with van der Waals surface area (Å²) in [7, 11) is 0. The van der Waals surface area contributed by atoms with Crippen molar-refractivity contribution in [1.29, 1.82) is 0 Å². The Morgan fingerprint density at radius 1 is 1.00 bits per heavy atom. The summed E-state index contributed by atoms with van der Waals surface area (Å²) in [5.41, 5.74) is -1.56. The molecule has 0 bridgehead atoms. The van der Waals surface area contributed by atoms with Crippen molar-refractivity contribution in [1.82, 2.24) is 0 Å². The Kier molecular flexibility index (Phi) is 5.41. The average molecular weight is 432 g/mol. The third kappa shape index (κ3) is 3.26. The number of rotatable bonds is 2. The van der Waals surface area contributed by atoms with E-state index in [1.165, 1.54) is 0 Å². The topological polar surface area (TPSA) is 26.3 Å². The first-order valence-corrected chi connectivity index (χ1v) is 7.50. The number of halogens is 6. The second kappa shape index (κ2) is 6.93. The number of ether oxygens (including phenoxy) is 1. The van der Waals surface area contributed by atoms with Crippen LogP contribution in [0.5, 0.6) is 0 Å². The maximum absolute atomic E-state index is 13.5. The highest BCUT2D eigenvalue weighted by molar-refractivity contribution is 14.1. The number of allylic oxidation sites excluding steroid dienone is 1. The first kappa shape index (κ1) is 17.2. The van der Waals surface area contributed by atoms with Gasteiger partial charge in [-0.1, -0.05) is 6.08 Å².